The van der Waals surface area contributed by atoms with Crippen molar-refractivity contribution in [3.05, 3.63) is 48.6 Å². The molecular weight excluding hydrogens is 997 g/mol. The lowest BCUT2D eigenvalue weighted by atomic mass is 10.0. The number of ether oxygens (including phenoxy) is 3. The van der Waals surface area contributed by atoms with Gasteiger partial charge in [0.1, 0.15) is 13.2 Å². The molecule has 0 rings (SSSR count). The van der Waals surface area contributed by atoms with Gasteiger partial charge in [-0.3, -0.25) is 14.4 Å². The summed E-state index contributed by atoms with van der Waals surface area (Å²) < 4.78 is 17.0. The van der Waals surface area contributed by atoms with Gasteiger partial charge in [0.05, 0.1) is 0 Å². The van der Waals surface area contributed by atoms with Gasteiger partial charge in [-0.05, 0) is 77.0 Å². The number of hydrogen-bond acceptors (Lipinski definition) is 6. The molecule has 0 radical (unpaired) electrons. The first-order chi connectivity index (χ1) is 40.0. The third kappa shape index (κ3) is 68.0. The quantitative estimate of drug-likeness (QED) is 0.0261. The minimum atomic E-state index is -0.781. The van der Waals surface area contributed by atoms with Gasteiger partial charge in [-0.15, -0.1) is 0 Å². The summed E-state index contributed by atoms with van der Waals surface area (Å²) in [6.45, 7) is 6.57. The molecular formula is C75H138O6. The molecule has 1 unspecified atom stereocenters. The van der Waals surface area contributed by atoms with E-state index in [-0.39, 0.29) is 31.1 Å². The van der Waals surface area contributed by atoms with Crippen LogP contribution in [-0.2, 0) is 28.6 Å². The number of unbranched alkanes of at least 4 members (excludes halogenated alkanes) is 48. The van der Waals surface area contributed by atoms with Crippen molar-refractivity contribution in [1.82, 2.24) is 0 Å². The molecule has 0 bridgehead atoms. The van der Waals surface area contributed by atoms with Gasteiger partial charge in [0, 0.05) is 19.3 Å². The van der Waals surface area contributed by atoms with Crippen molar-refractivity contribution >= 4 is 17.9 Å². The Morgan fingerprint density at radius 2 is 0.481 bits per heavy atom. The summed E-state index contributed by atoms with van der Waals surface area (Å²) in [5, 5.41) is 0. The smallest absolute Gasteiger partial charge is 0.306 e. The van der Waals surface area contributed by atoms with Gasteiger partial charge in [0.25, 0.3) is 0 Å². The van der Waals surface area contributed by atoms with Gasteiger partial charge in [-0.25, -0.2) is 0 Å². The Morgan fingerprint density at radius 3 is 0.765 bits per heavy atom. The molecule has 0 aliphatic carbocycles. The Hall–Kier alpha value is -2.63. The highest BCUT2D eigenvalue weighted by atomic mass is 16.6. The van der Waals surface area contributed by atoms with Crippen LogP contribution in [0.15, 0.2) is 48.6 Å². The van der Waals surface area contributed by atoms with Gasteiger partial charge in [-0.1, -0.05) is 345 Å². The van der Waals surface area contributed by atoms with Crippen molar-refractivity contribution in [2.75, 3.05) is 13.2 Å². The minimum Gasteiger partial charge on any atom is -0.462 e. The standard InChI is InChI=1S/C75H138O6/c1-4-7-10-13-16-19-22-25-28-30-31-32-33-34-35-36-37-38-39-40-41-42-43-44-46-47-50-53-56-59-62-65-68-74(77)80-71-72(70-79-73(76)67-64-61-58-55-52-49-27-24-21-18-15-12-9-6-3)81-75(78)69-66-63-60-57-54-51-48-45-29-26-23-20-17-14-11-8-5-2/h8,11,17,20,24,26-27,29,72H,4-7,9-10,12-16,18-19,21-23,25,28,30-71H2,1-3H3/b11-8-,20-17-,27-24-,29-26-. The Labute approximate surface area is 505 Å². The van der Waals surface area contributed by atoms with Crippen molar-refractivity contribution in [3.8, 4) is 0 Å². The summed E-state index contributed by atoms with van der Waals surface area (Å²) in [7, 11) is 0. The Kier molecular flexibility index (Phi) is 67.6. The zero-order valence-corrected chi connectivity index (χ0v) is 54.6. The van der Waals surface area contributed by atoms with Gasteiger partial charge in [0.15, 0.2) is 6.10 Å². The Balaban J connectivity index is 4.14. The lowest BCUT2D eigenvalue weighted by Gasteiger charge is -2.18. The van der Waals surface area contributed by atoms with Crippen LogP contribution in [0.5, 0.6) is 0 Å². The molecule has 0 saturated carbocycles. The zero-order valence-electron chi connectivity index (χ0n) is 54.6. The first-order valence-corrected chi connectivity index (χ1v) is 36.1. The molecule has 6 nitrogen and oxygen atoms in total. The number of allylic oxidation sites excluding steroid dienone is 8. The molecule has 0 fully saturated rings. The average molecular weight is 1140 g/mol. The van der Waals surface area contributed by atoms with Crippen LogP contribution in [0, 0.1) is 0 Å². The average Bonchev–Trinajstić information content (AvgIpc) is 3.47. The molecule has 81 heavy (non-hydrogen) atoms. The van der Waals surface area contributed by atoms with E-state index in [2.05, 4.69) is 69.4 Å². The SMILES string of the molecule is CC/C=C\C/C=C\C/C=C\CCCCCCCCCC(=O)OC(COC(=O)CCCCCCC/C=C\CCCCCCC)COC(=O)CCCCCCCCCCCCCCCCCCCCCCCCCCCCCCCCCC. The van der Waals surface area contributed by atoms with Crippen molar-refractivity contribution in [2.45, 2.75) is 399 Å². The van der Waals surface area contributed by atoms with Crippen LogP contribution in [0.2, 0.25) is 0 Å². The van der Waals surface area contributed by atoms with E-state index < -0.39 is 6.10 Å². The molecule has 0 N–H and O–H groups in total. The van der Waals surface area contributed by atoms with Crippen LogP contribution in [-0.4, -0.2) is 37.2 Å². The Morgan fingerprint density at radius 1 is 0.259 bits per heavy atom. The summed E-state index contributed by atoms with van der Waals surface area (Å²) in [6, 6.07) is 0. The molecule has 0 aliphatic heterocycles. The van der Waals surface area contributed by atoms with Crippen LogP contribution >= 0.6 is 0 Å². The largest absolute Gasteiger partial charge is 0.462 e. The highest BCUT2D eigenvalue weighted by Crippen LogP contribution is 2.19. The second-order valence-corrected chi connectivity index (χ2v) is 24.5. The van der Waals surface area contributed by atoms with Crippen molar-refractivity contribution in [1.29, 1.82) is 0 Å². The van der Waals surface area contributed by atoms with E-state index in [0.717, 1.165) is 89.9 Å². The molecule has 0 amide bonds. The topological polar surface area (TPSA) is 78.9 Å². The maximum Gasteiger partial charge on any atom is 0.306 e. The highest BCUT2D eigenvalue weighted by Gasteiger charge is 2.19. The fraction of sp³-hybridized carbons (Fsp3) is 0.853. The van der Waals surface area contributed by atoms with Crippen LogP contribution in [0.25, 0.3) is 0 Å². The van der Waals surface area contributed by atoms with Gasteiger partial charge in [-0.2, -0.15) is 0 Å². The zero-order chi connectivity index (χ0) is 58.5. The van der Waals surface area contributed by atoms with E-state index in [1.54, 1.807) is 0 Å². The predicted molar refractivity (Wildman–Crippen MR) is 353 cm³/mol. The van der Waals surface area contributed by atoms with E-state index in [0.29, 0.717) is 19.3 Å². The molecule has 0 aromatic heterocycles. The van der Waals surface area contributed by atoms with E-state index >= 15 is 0 Å². The summed E-state index contributed by atoms with van der Waals surface area (Å²) in [5.41, 5.74) is 0. The normalized spacial score (nSPS) is 12.3. The molecule has 0 aromatic carbocycles. The number of hydrogen-bond donors (Lipinski definition) is 0. The first kappa shape index (κ1) is 78.4. The summed E-state index contributed by atoms with van der Waals surface area (Å²) in [6.07, 6.45) is 88.8. The third-order valence-corrected chi connectivity index (χ3v) is 16.3. The molecule has 0 spiro atoms. The fourth-order valence-electron chi connectivity index (χ4n) is 10.9. The van der Waals surface area contributed by atoms with Crippen LogP contribution in [0.3, 0.4) is 0 Å². The first-order valence-electron chi connectivity index (χ1n) is 36.1. The van der Waals surface area contributed by atoms with E-state index in [9.17, 15) is 14.4 Å². The molecule has 0 aliphatic rings. The van der Waals surface area contributed by atoms with Crippen LogP contribution in [0.4, 0.5) is 0 Å². The van der Waals surface area contributed by atoms with Crippen LogP contribution < -0.4 is 0 Å². The number of carbonyl (C=O) groups is 3. The highest BCUT2D eigenvalue weighted by molar-refractivity contribution is 5.71. The lowest BCUT2D eigenvalue weighted by Crippen LogP contribution is -2.30. The second-order valence-electron chi connectivity index (χ2n) is 24.5. The molecule has 1 atom stereocenters. The van der Waals surface area contributed by atoms with E-state index in [1.807, 2.05) is 0 Å². The van der Waals surface area contributed by atoms with Gasteiger partial charge < -0.3 is 14.2 Å². The molecule has 6 heteroatoms. The fourth-order valence-corrected chi connectivity index (χ4v) is 10.9. The molecule has 0 heterocycles. The minimum absolute atomic E-state index is 0.0761. The van der Waals surface area contributed by atoms with Gasteiger partial charge in [0.2, 0.25) is 0 Å². The molecule has 0 saturated heterocycles. The third-order valence-electron chi connectivity index (χ3n) is 16.3. The van der Waals surface area contributed by atoms with Gasteiger partial charge >= 0.3 is 17.9 Å². The Bertz CT molecular complexity index is 1400. The van der Waals surface area contributed by atoms with E-state index in [1.165, 1.54) is 263 Å². The second kappa shape index (κ2) is 69.9. The summed E-state index contributed by atoms with van der Waals surface area (Å²) >= 11 is 0. The monoisotopic (exact) mass is 1140 g/mol. The number of carbonyl (C=O) groups excluding carboxylic acids is 3. The molecule has 0 aromatic rings. The predicted octanol–water partition coefficient (Wildman–Crippen LogP) is 24.9. The van der Waals surface area contributed by atoms with Crippen molar-refractivity contribution < 1.29 is 28.6 Å². The lowest BCUT2D eigenvalue weighted by molar-refractivity contribution is -0.167. The van der Waals surface area contributed by atoms with Crippen molar-refractivity contribution in [3.63, 3.8) is 0 Å². The number of rotatable bonds is 67. The van der Waals surface area contributed by atoms with Crippen LogP contribution in [0.1, 0.15) is 393 Å². The summed E-state index contributed by atoms with van der Waals surface area (Å²) in [4.78, 5) is 38.4. The van der Waals surface area contributed by atoms with E-state index in [4.69, 9.17) is 14.2 Å². The molecule has 474 valence electrons. The summed E-state index contributed by atoms with van der Waals surface area (Å²) in [5.74, 6) is -0.871. The maximum atomic E-state index is 12.9. The van der Waals surface area contributed by atoms with Crippen molar-refractivity contribution in [2.24, 2.45) is 0 Å². The maximum absolute atomic E-state index is 12.9. The number of esters is 3.